The number of benzene rings is 7. The lowest BCUT2D eigenvalue weighted by Crippen LogP contribution is -2.56. The van der Waals surface area contributed by atoms with Crippen LogP contribution in [0.2, 0.25) is 0 Å². The molecule has 0 radical (unpaired) electrons. The minimum absolute atomic E-state index is 0.0162. The predicted octanol–water partition coefficient (Wildman–Crippen LogP) is 14.7. The first-order chi connectivity index (χ1) is 27.2. The quantitative estimate of drug-likeness (QED) is 0.154. The number of nitrogens with zero attached hydrogens (tertiary/aromatic N) is 2. The molecule has 0 spiro atoms. The molecule has 4 aliphatic carbocycles. The fraction of sp³-hybridized carbons (Fsp3) is 0.192. The lowest BCUT2D eigenvalue weighted by molar-refractivity contribution is -0.0418. The first-order valence-electron chi connectivity index (χ1n) is 20.1. The van der Waals surface area contributed by atoms with Gasteiger partial charge in [0.1, 0.15) is 0 Å². The van der Waals surface area contributed by atoms with E-state index in [-0.39, 0.29) is 5.41 Å². The molecule has 8 aromatic rings. The van der Waals surface area contributed by atoms with E-state index in [1.165, 1.54) is 97.5 Å². The fourth-order valence-corrected chi connectivity index (χ4v) is 12.4. The second-order valence-electron chi connectivity index (χ2n) is 16.2. The predicted molar refractivity (Wildman–Crippen MR) is 233 cm³/mol. The van der Waals surface area contributed by atoms with Crippen LogP contribution in [0.5, 0.6) is 0 Å². The summed E-state index contributed by atoms with van der Waals surface area (Å²) in [6.07, 6.45) is 6.84. The van der Waals surface area contributed by atoms with Crippen molar-refractivity contribution >= 4 is 65.6 Å². The van der Waals surface area contributed by atoms with Gasteiger partial charge in [-0.05, 0) is 146 Å². The van der Waals surface area contributed by atoms with Gasteiger partial charge in [0.2, 0.25) is 0 Å². The Balaban J connectivity index is 1.01. The van der Waals surface area contributed by atoms with E-state index in [1.807, 2.05) is 11.3 Å². The van der Waals surface area contributed by atoms with Crippen LogP contribution in [0, 0.1) is 23.7 Å². The van der Waals surface area contributed by atoms with Crippen molar-refractivity contribution in [3.63, 3.8) is 0 Å². The summed E-state index contributed by atoms with van der Waals surface area (Å²) >= 11 is 1.89. The molecule has 0 N–H and O–H groups in total. The van der Waals surface area contributed by atoms with Crippen LogP contribution in [0.15, 0.2) is 182 Å². The van der Waals surface area contributed by atoms with Crippen molar-refractivity contribution in [2.75, 3.05) is 9.80 Å². The molecule has 1 aromatic heterocycles. The standard InChI is InChI=1S/C52H44N2S/c1-4-12-42(13-5-1)53(43-14-6-2-7-15-43)45-24-20-38(21-25-45)52(40-31-36-30-37(33-40)34-41(52)32-36)39-22-26-46(27-23-39)54(44-16-8-3-9-17-44)47-28-29-49-48-18-10-11-19-50(48)55-51(49)35-47/h1-29,35-37,40-41H,30-34H2. The van der Waals surface area contributed by atoms with Gasteiger partial charge in [-0.3, -0.25) is 0 Å². The van der Waals surface area contributed by atoms with Crippen molar-refractivity contribution in [2.24, 2.45) is 23.7 Å². The van der Waals surface area contributed by atoms with Crippen molar-refractivity contribution in [2.45, 2.75) is 37.5 Å². The van der Waals surface area contributed by atoms with Crippen LogP contribution in [0.4, 0.5) is 34.1 Å². The molecule has 4 aliphatic rings. The second-order valence-corrected chi connectivity index (χ2v) is 17.3. The lowest BCUT2D eigenvalue weighted by Gasteiger charge is -2.62. The van der Waals surface area contributed by atoms with Gasteiger partial charge >= 0.3 is 0 Å². The molecule has 0 amide bonds. The topological polar surface area (TPSA) is 6.48 Å². The van der Waals surface area contributed by atoms with Gasteiger partial charge in [-0.2, -0.15) is 0 Å². The Bertz CT molecular complexity index is 2530. The fourth-order valence-electron chi connectivity index (χ4n) is 11.3. The van der Waals surface area contributed by atoms with Crippen LogP contribution in [-0.2, 0) is 5.41 Å². The van der Waals surface area contributed by atoms with Crippen LogP contribution in [0.1, 0.15) is 43.2 Å². The summed E-state index contributed by atoms with van der Waals surface area (Å²) < 4.78 is 2.66. The summed E-state index contributed by atoms with van der Waals surface area (Å²) in [6.45, 7) is 0. The molecular formula is C52H44N2S. The molecule has 0 saturated heterocycles. The first kappa shape index (κ1) is 32.8. The number of hydrogen-bond acceptors (Lipinski definition) is 3. The Morgan fingerprint density at radius 1 is 0.364 bits per heavy atom. The van der Waals surface area contributed by atoms with E-state index in [9.17, 15) is 0 Å². The summed E-state index contributed by atoms with van der Waals surface area (Å²) in [5, 5.41) is 2.67. The molecule has 4 fully saturated rings. The van der Waals surface area contributed by atoms with Crippen LogP contribution < -0.4 is 9.80 Å². The molecule has 4 saturated carbocycles. The molecule has 7 aromatic carbocycles. The highest BCUT2D eigenvalue weighted by atomic mass is 32.1. The number of hydrogen-bond donors (Lipinski definition) is 0. The van der Waals surface area contributed by atoms with Gasteiger partial charge in [-0.1, -0.05) is 103 Å². The molecule has 0 aliphatic heterocycles. The third kappa shape index (κ3) is 5.43. The van der Waals surface area contributed by atoms with Gasteiger partial charge in [-0.25, -0.2) is 0 Å². The molecular weight excluding hydrogens is 685 g/mol. The van der Waals surface area contributed by atoms with Crippen LogP contribution in [-0.4, -0.2) is 0 Å². The average Bonchev–Trinajstić information content (AvgIpc) is 3.61. The largest absolute Gasteiger partial charge is 0.311 e. The Labute approximate surface area is 328 Å². The third-order valence-electron chi connectivity index (χ3n) is 13.3. The highest BCUT2D eigenvalue weighted by Gasteiger charge is 2.58. The Hall–Kier alpha value is -5.64. The summed E-state index contributed by atoms with van der Waals surface area (Å²) in [5.74, 6) is 3.11. The zero-order valence-electron chi connectivity index (χ0n) is 31.0. The molecule has 55 heavy (non-hydrogen) atoms. The van der Waals surface area contributed by atoms with Crippen molar-refractivity contribution in [3.8, 4) is 0 Å². The first-order valence-corrected chi connectivity index (χ1v) is 20.9. The van der Waals surface area contributed by atoms with E-state index in [0.717, 1.165) is 11.8 Å². The summed E-state index contributed by atoms with van der Waals surface area (Å²) in [5.41, 5.74) is 10.1. The van der Waals surface area contributed by atoms with Crippen LogP contribution >= 0.6 is 11.3 Å². The number of thiophene rings is 1. The zero-order valence-corrected chi connectivity index (χ0v) is 31.8. The van der Waals surface area contributed by atoms with Gasteiger partial charge in [0.05, 0.1) is 0 Å². The Morgan fingerprint density at radius 3 is 1.27 bits per heavy atom. The average molecular weight is 729 g/mol. The summed E-state index contributed by atoms with van der Waals surface area (Å²) in [4.78, 5) is 4.82. The zero-order chi connectivity index (χ0) is 36.3. The van der Waals surface area contributed by atoms with E-state index in [0.29, 0.717) is 11.8 Å². The molecule has 0 atom stereocenters. The van der Waals surface area contributed by atoms with E-state index >= 15 is 0 Å². The molecule has 268 valence electrons. The Kier molecular flexibility index (Phi) is 7.91. The summed E-state index contributed by atoms with van der Waals surface area (Å²) in [7, 11) is 0. The van der Waals surface area contributed by atoms with Crippen LogP contribution in [0.3, 0.4) is 0 Å². The molecule has 2 nitrogen and oxygen atoms in total. The normalized spacial score (nSPS) is 22.6. The number of rotatable bonds is 8. The van der Waals surface area contributed by atoms with Crippen molar-refractivity contribution in [1.82, 2.24) is 0 Å². The maximum absolute atomic E-state index is 2.50. The van der Waals surface area contributed by atoms with Gasteiger partial charge in [-0.15, -0.1) is 11.3 Å². The Morgan fingerprint density at radius 2 is 0.764 bits per heavy atom. The van der Waals surface area contributed by atoms with E-state index < -0.39 is 0 Å². The maximum Gasteiger partial charge on any atom is 0.0476 e. The third-order valence-corrected chi connectivity index (χ3v) is 14.4. The number of anilines is 6. The minimum atomic E-state index is 0.0162. The van der Waals surface area contributed by atoms with Crippen molar-refractivity contribution in [3.05, 3.63) is 193 Å². The summed E-state index contributed by atoms with van der Waals surface area (Å²) in [6, 6.07) is 67.8. The molecule has 12 rings (SSSR count). The molecule has 1 heterocycles. The SMILES string of the molecule is c1ccc(N(c2ccccc2)c2ccc(C3(c4ccc(N(c5ccccc5)c5ccc6c(c5)sc5ccccc56)cc4)C4CC5CC(C4)CC3C5)cc2)cc1. The lowest BCUT2D eigenvalue weighted by atomic mass is 9.42. The second kappa shape index (κ2) is 13.3. The van der Waals surface area contributed by atoms with Gasteiger partial charge in [0.15, 0.2) is 0 Å². The van der Waals surface area contributed by atoms with Crippen LogP contribution in [0.25, 0.3) is 20.2 Å². The monoisotopic (exact) mass is 728 g/mol. The van der Waals surface area contributed by atoms with Gasteiger partial charge in [0, 0.05) is 59.7 Å². The smallest absolute Gasteiger partial charge is 0.0476 e. The van der Waals surface area contributed by atoms with E-state index in [1.54, 1.807) is 0 Å². The van der Waals surface area contributed by atoms with E-state index in [4.69, 9.17) is 0 Å². The van der Waals surface area contributed by atoms with E-state index in [2.05, 4.69) is 192 Å². The minimum Gasteiger partial charge on any atom is -0.311 e. The van der Waals surface area contributed by atoms with Crippen molar-refractivity contribution in [1.29, 1.82) is 0 Å². The molecule has 4 bridgehead atoms. The molecule has 0 unspecified atom stereocenters. The number of para-hydroxylation sites is 3. The maximum atomic E-state index is 2.50. The number of fused-ring (bicyclic) bond motifs is 3. The van der Waals surface area contributed by atoms with Gasteiger partial charge in [0.25, 0.3) is 0 Å². The van der Waals surface area contributed by atoms with Gasteiger partial charge < -0.3 is 9.80 Å². The highest BCUT2D eigenvalue weighted by molar-refractivity contribution is 7.25. The molecule has 3 heteroatoms. The highest BCUT2D eigenvalue weighted by Crippen LogP contribution is 2.65. The van der Waals surface area contributed by atoms with Crippen molar-refractivity contribution < 1.29 is 0 Å².